The molecule has 0 spiro atoms. The highest BCUT2D eigenvalue weighted by Gasteiger charge is 2.18. The van der Waals surface area contributed by atoms with Gasteiger partial charge >= 0.3 is 0 Å². The predicted octanol–water partition coefficient (Wildman–Crippen LogP) is 3.56. The number of hydrogen-bond acceptors (Lipinski definition) is 2. The maximum atomic E-state index is 12.4. The van der Waals surface area contributed by atoms with Gasteiger partial charge in [-0.25, -0.2) is 0 Å². The van der Waals surface area contributed by atoms with Crippen LogP contribution in [0.25, 0.3) is 0 Å². The SMILES string of the molecule is Cc1ccccc1C(C)NC(=O)C(C)c1cccc(N)c1. The molecule has 0 aliphatic heterocycles. The van der Waals surface area contributed by atoms with Crippen molar-refractivity contribution in [3.63, 3.8) is 0 Å². The zero-order valence-corrected chi connectivity index (χ0v) is 12.8. The lowest BCUT2D eigenvalue weighted by atomic mass is 9.98. The summed E-state index contributed by atoms with van der Waals surface area (Å²) in [6, 6.07) is 15.6. The summed E-state index contributed by atoms with van der Waals surface area (Å²) in [7, 11) is 0. The molecule has 3 heteroatoms. The number of hydrogen-bond donors (Lipinski definition) is 2. The van der Waals surface area contributed by atoms with E-state index in [-0.39, 0.29) is 17.9 Å². The van der Waals surface area contributed by atoms with Gasteiger partial charge in [-0.3, -0.25) is 4.79 Å². The van der Waals surface area contributed by atoms with Crippen LogP contribution in [0.2, 0.25) is 0 Å². The molecule has 0 radical (unpaired) electrons. The van der Waals surface area contributed by atoms with E-state index >= 15 is 0 Å². The van der Waals surface area contributed by atoms with Crippen molar-refractivity contribution in [3.05, 3.63) is 65.2 Å². The minimum atomic E-state index is -0.222. The summed E-state index contributed by atoms with van der Waals surface area (Å²) in [6.45, 7) is 5.96. The smallest absolute Gasteiger partial charge is 0.227 e. The molecule has 2 aromatic carbocycles. The summed E-state index contributed by atoms with van der Waals surface area (Å²) in [5.74, 6) is -0.212. The van der Waals surface area contributed by atoms with Gasteiger partial charge in [-0.1, -0.05) is 36.4 Å². The minimum Gasteiger partial charge on any atom is -0.399 e. The van der Waals surface area contributed by atoms with Gasteiger partial charge in [-0.15, -0.1) is 0 Å². The summed E-state index contributed by atoms with van der Waals surface area (Å²) < 4.78 is 0. The van der Waals surface area contributed by atoms with E-state index < -0.39 is 0 Å². The van der Waals surface area contributed by atoms with Crippen molar-refractivity contribution in [3.8, 4) is 0 Å². The topological polar surface area (TPSA) is 55.1 Å². The van der Waals surface area contributed by atoms with Crippen molar-refractivity contribution in [2.45, 2.75) is 32.7 Å². The van der Waals surface area contributed by atoms with Crippen molar-refractivity contribution in [1.29, 1.82) is 0 Å². The van der Waals surface area contributed by atoms with E-state index in [9.17, 15) is 4.79 Å². The number of anilines is 1. The number of nitrogens with one attached hydrogen (secondary N) is 1. The molecular formula is C18H22N2O. The van der Waals surface area contributed by atoms with E-state index in [1.54, 1.807) is 0 Å². The van der Waals surface area contributed by atoms with Gasteiger partial charge in [0.2, 0.25) is 5.91 Å². The van der Waals surface area contributed by atoms with Crippen molar-refractivity contribution in [2.24, 2.45) is 0 Å². The van der Waals surface area contributed by atoms with Crippen LogP contribution >= 0.6 is 0 Å². The molecule has 2 aromatic rings. The molecule has 2 rings (SSSR count). The normalized spacial score (nSPS) is 13.5. The lowest BCUT2D eigenvalue weighted by molar-refractivity contribution is -0.122. The Morgan fingerprint density at radius 2 is 1.81 bits per heavy atom. The second-order valence-corrected chi connectivity index (χ2v) is 5.48. The van der Waals surface area contributed by atoms with Crippen LogP contribution in [0.1, 0.15) is 42.5 Å². The van der Waals surface area contributed by atoms with Gasteiger partial charge in [-0.2, -0.15) is 0 Å². The Hall–Kier alpha value is -2.29. The molecule has 0 saturated heterocycles. The molecule has 0 bridgehead atoms. The Labute approximate surface area is 126 Å². The van der Waals surface area contributed by atoms with Crippen LogP contribution in [0, 0.1) is 6.92 Å². The fourth-order valence-electron chi connectivity index (χ4n) is 2.47. The first-order valence-electron chi connectivity index (χ1n) is 7.20. The van der Waals surface area contributed by atoms with E-state index in [0.717, 1.165) is 11.1 Å². The molecule has 0 aromatic heterocycles. The molecule has 21 heavy (non-hydrogen) atoms. The van der Waals surface area contributed by atoms with Crippen LogP contribution in [0.3, 0.4) is 0 Å². The van der Waals surface area contributed by atoms with Gasteiger partial charge in [0.25, 0.3) is 0 Å². The predicted molar refractivity (Wildman–Crippen MR) is 87.0 cm³/mol. The molecule has 0 fully saturated rings. The fraction of sp³-hybridized carbons (Fsp3) is 0.278. The molecule has 3 N–H and O–H groups in total. The maximum Gasteiger partial charge on any atom is 0.227 e. The largest absolute Gasteiger partial charge is 0.399 e. The molecule has 2 atom stereocenters. The van der Waals surface area contributed by atoms with Crippen LogP contribution < -0.4 is 11.1 Å². The third kappa shape index (κ3) is 3.63. The van der Waals surface area contributed by atoms with Crippen molar-refractivity contribution in [1.82, 2.24) is 5.32 Å². The zero-order valence-electron chi connectivity index (χ0n) is 12.8. The Balaban J connectivity index is 2.09. The molecule has 1 amide bonds. The Morgan fingerprint density at radius 3 is 2.48 bits per heavy atom. The monoisotopic (exact) mass is 282 g/mol. The summed E-state index contributed by atoms with van der Waals surface area (Å²) in [5, 5.41) is 3.07. The molecular weight excluding hydrogens is 260 g/mol. The standard InChI is InChI=1S/C18H22N2O/c1-12-7-4-5-10-17(12)14(3)20-18(21)13(2)15-8-6-9-16(19)11-15/h4-11,13-14H,19H2,1-3H3,(H,20,21). The van der Waals surface area contributed by atoms with Gasteiger partial charge in [0.1, 0.15) is 0 Å². The van der Waals surface area contributed by atoms with Gasteiger partial charge < -0.3 is 11.1 Å². The third-order valence-electron chi connectivity index (χ3n) is 3.82. The van der Waals surface area contributed by atoms with Crippen LogP contribution in [0.4, 0.5) is 5.69 Å². The Bertz CT molecular complexity index is 637. The molecule has 0 aliphatic carbocycles. The van der Waals surface area contributed by atoms with Gasteiger partial charge in [0.05, 0.1) is 12.0 Å². The first kappa shape index (κ1) is 15.1. The molecule has 110 valence electrons. The van der Waals surface area contributed by atoms with Crippen molar-refractivity contribution >= 4 is 11.6 Å². The van der Waals surface area contributed by atoms with Crippen molar-refractivity contribution < 1.29 is 4.79 Å². The number of nitrogens with two attached hydrogens (primary N) is 1. The summed E-state index contributed by atoms with van der Waals surface area (Å²) in [5.41, 5.74) is 9.72. The fourth-order valence-corrected chi connectivity index (χ4v) is 2.47. The van der Waals surface area contributed by atoms with Gasteiger partial charge in [-0.05, 0) is 49.6 Å². The van der Waals surface area contributed by atoms with Crippen LogP contribution in [0.5, 0.6) is 0 Å². The molecule has 2 unspecified atom stereocenters. The summed E-state index contributed by atoms with van der Waals surface area (Å²) in [6.07, 6.45) is 0. The second kappa shape index (κ2) is 6.44. The van der Waals surface area contributed by atoms with Crippen LogP contribution in [0.15, 0.2) is 48.5 Å². The third-order valence-corrected chi connectivity index (χ3v) is 3.82. The van der Waals surface area contributed by atoms with E-state index in [1.807, 2.05) is 56.3 Å². The van der Waals surface area contributed by atoms with E-state index in [0.29, 0.717) is 5.69 Å². The first-order valence-corrected chi connectivity index (χ1v) is 7.20. The second-order valence-electron chi connectivity index (χ2n) is 5.48. The number of carbonyl (C=O) groups excluding carboxylic acids is 1. The number of benzene rings is 2. The molecule has 0 heterocycles. The van der Waals surface area contributed by atoms with E-state index in [2.05, 4.69) is 18.3 Å². The number of amides is 1. The molecule has 0 saturated carbocycles. The van der Waals surface area contributed by atoms with Gasteiger partial charge in [0, 0.05) is 5.69 Å². The van der Waals surface area contributed by atoms with Crippen molar-refractivity contribution in [2.75, 3.05) is 5.73 Å². The zero-order chi connectivity index (χ0) is 15.4. The van der Waals surface area contributed by atoms with Crippen LogP contribution in [-0.4, -0.2) is 5.91 Å². The minimum absolute atomic E-state index is 0.0105. The highest BCUT2D eigenvalue weighted by molar-refractivity contribution is 5.83. The Morgan fingerprint density at radius 1 is 1.10 bits per heavy atom. The summed E-state index contributed by atoms with van der Waals surface area (Å²) >= 11 is 0. The van der Waals surface area contributed by atoms with E-state index in [4.69, 9.17) is 5.73 Å². The average Bonchev–Trinajstić information content (AvgIpc) is 2.46. The lowest BCUT2D eigenvalue weighted by Crippen LogP contribution is -2.30. The average molecular weight is 282 g/mol. The van der Waals surface area contributed by atoms with E-state index in [1.165, 1.54) is 5.56 Å². The number of rotatable bonds is 4. The quantitative estimate of drug-likeness (QED) is 0.842. The van der Waals surface area contributed by atoms with Gasteiger partial charge in [0.15, 0.2) is 0 Å². The number of aryl methyl sites for hydroxylation is 1. The van der Waals surface area contributed by atoms with Crippen LogP contribution in [-0.2, 0) is 4.79 Å². The number of carbonyl (C=O) groups is 1. The number of nitrogen functional groups attached to an aromatic ring is 1. The highest BCUT2D eigenvalue weighted by Crippen LogP contribution is 2.21. The first-order chi connectivity index (χ1) is 9.99. The lowest BCUT2D eigenvalue weighted by Gasteiger charge is -2.20. The highest BCUT2D eigenvalue weighted by atomic mass is 16.1. The Kier molecular flexibility index (Phi) is 4.63. The molecule has 3 nitrogen and oxygen atoms in total. The molecule has 0 aliphatic rings. The summed E-state index contributed by atoms with van der Waals surface area (Å²) in [4.78, 5) is 12.4. The maximum absolute atomic E-state index is 12.4.